The van der Waals surface area contributed by atoms with Gasteiger partial charge in [-0.1, -0.05) is 0 Å². The predicted molar refractivity (Wildman–Crippen MR) is 44.8 cm³/mol. The Balaban J connectivity index is 2.40. The number of carbonyl (C=O) groups is 2. The summed E-state index contributed by atoms with van der Waals surface area (Å²) in [6.07, 6.45) is 0.842. The third-order valence-corrected chi connectivity index (χ3v) is 2.11. The summed E-state index contributed by atoms with van der Waals surface area (Å²) in [7, 11) is 0. The highest BCUT2D eigenvalue weighted by Gasteiger charge is 2.21. The summed E-state index contributed by atoms with van der Waals surface area (Å²) in [5, 5.41) is 0. The Morgan fingerprint density at radius 2 is 2.25 bits per heavy atom. The highest BCUT2D eigenvalue weighted by Crippen LogP contribution is 2.01. The van der Waals surface area contributed by atoms with Gasteiger partial charge in [0.2, 0.25) is 5.91 Å². The molecule has 1 amide bonds. The van der Waals surface area contributed by atoms with Crippen molar-refractivity contribution in [3.8, 4) is 0 Å². The molecule has 4 heteroatoms. The Morgan fingerprint density at radius 3 is 2.75 bits per heavy atom. The van der Waals surface area contributed by atoms with Crippen LogP contribution in [0.2, 0.25) is 0 Å². The smallest absolute Gasteiger partial charge is 0.236 e. The number of rotatable bonds is 3. The summed E-state index contributed by atoms with van der Waals surface area (Å²) in [6, 6.07) is 0. The van der Waals surface area contributed by atoms with Crippen LogP contribution in [-0.2, 0) is 9.59 Å². The second kappa shape index (κ2) is 4.21. The van der Waals surface area contributed by atoms with Crippen LogP contribution in [-0.4, -0.2) is 54.7 Å². The van der Waals surface area contributed by atoms with Gasteiger partial charge in [-0.25, -0.2) is 0 Å². The quantitative estimate of drug-likeness (QED) is 0.528. The minimum Gasteiger partial charge on any atom is -0.341 e. The number of likely N-dealkylation sites (N-methyl/N-ethyl adjacent to an activating group) is 1. The second-order valence-corrected chi connectivity index (χ2v) is 2.88. The zero-order chi connectivity index (χ0) is 8.97. The fraction of sp³-hybridized carbons (Fsp3) is 0.750. The molecular formula is C8H14N2O2. The van der Waals surface area contributed by atoms with Crippen molar-refractivity contribution >= 4 is 12.2 Å². The molecule has 1 aliphatic heterocycles. The van der Waals surface area contributed by atoms with Crippen LogP contribution in [0.3, 0.4) is 0 Å². The molecule has 0 saturated carbocycles. The number of piperazine rings is 1. The normalized spacial score (nSPS) is 19.8. The van der Waals surface area contributed by atoms with Crippen LogP contribution in [0.5, 0.6) is 0 Å². The summed E-state index contributed by atoms with van der Waals surface area (Å²) in [6.45, 7) is 5.08. The molecule has 12 heavy (non-hydrogen) atoms. The number of aldehydes is 1. The summed E-state index contributed by atoms with van der Waals surface area (Å²) in [5.41, 5.74) is 0. The Hall–Kier alpha value is -0.900. The highest BCUT2D eigenvalue weighted by atomic mass is 16.2. The van der Waals surface area contributed by atoms with Gasteiger partial charge in [0.05, 0.1) is 13.1 Å². The molecule has 0 aromatic rings. The minimum absolute atomic E-state index is 0.130. The van der Waals surface area contributed by atoms with Gasteiger partial charge in [0, 0.05) is 19.6 Å². The van der Waals surface area contributed by atoms with Crippen LogP contribution in [0.4, 0.5) is 0 Å². The molecule has 1 saturated heterocycles. The average Bonchev–Trinajstić information content (AvgIpc) is 2.05. The standard InChI is InChI=1S/C8H14N2O2/c1-2-10-4-3-9(5-6-11)7-8(10)12/h6H,2-5,7H2,1H3. The van der Waals surface area contributed by atoms with Crippen LogP contribution < -0.4 is 0 Å². The number of amides is 1. The van der Waals surface area contributed by atoms with Crippen molar-refractivity contribution in [1.29, 1.82) is 0 Å². The Labute approximate surface area is 72.1 Å². The molecule has 68 valence electrons. The van der Waals surface area contributed by atoms with Crippen LogP contribution in [0.1, 0.15) is 6.92 Å². The monoisotopic (exact) mass is 170 g/mol. The van der Waals surface area contributed by atoms with Crippen molar-refractivity contribution in [2.75, 3.05) is 32.7 Å². The van der Waals surface area contributed by atoms with Gasteiger partial charge in [-0.3, -0.25) is 9.69 Å². The van der Waals surface area contributed by atoms with Crippen molar-refractivity contribution in [3.63, 3.8) is 0 Å². The van der Waals surface area contributed by atoms with E-state index in [-0.39, 0.29) is 5.91 Å². The first-order valence-corrected chi connectivity index (χ1v) is 4.21. The maximum Gasteiger partial charge on any atom is 0.236 e. The molecule has 1 fully saturated rings. The Bertz CT molecular complexity index is 182. The van der Waals surface area contributed by atoms with E-state index in [9.17, 15) is 9.59 Å². The molecule has 0 N–H and O–H groups in total. The SMILES string of the molecule is CCN1CCN(CC=O)CC1=O. The van der Waals surface area contributed by atoms with Crippen molar-refractivity contribution < 1.29 is 9.59 Å². The summed E-state index contributed by atoms with van der Waals surface area (Å²) < 4.78 is 0. The van der Waals surface area contributed by atoms with Crippen molar-refractivity contribution in [1.82, 2.24) is 9.80 Å². The van der Waals surface area contributed by atoms with E-state index in [1.165, 1.54) is 0 Å². The van der Waals surface area contributed by atoms with E-state index in [2.05, 4.69) is 0 Å². The molecule has 0 unspecified atom stereocenters. The molecular weight excluding hydrogens is 156 g/mol. The molecule has 0 atom stereocenters. The zero-order valence-electron chi connectivity index (χ0n) is 7.32. The molecule has 0 radical (unpaired) electrons. The molecule has 0 aromatic carbocycles. The van der Waals surface area contributed by atoms with Gasteiger partial charge < -0.3 is 9.69 Å². The van der Waals surface area contributed by atoms with Crippen molar-refractivity contribution in [2.24, 2.45) is 0 Å². The fourth-order valence-corrected chi connectivity index (χ4v) is 1.35. The lowest BCUT2D eigenvalue weighted by molar-refractivity contribution is -0.135. The van der Waals surface area contributed by atoms with Gasteiger partial charge in [0.1, 0.15) is 6.29 Å². The maximum atomic E-state index is 11.3. The maximum absolute atomic E-state index is 11.3. The molecule has 0 aliphatic carbocycles. The van der Waals surface area contributed by atoms with Gasteiger partial charge in [-0.05, 0) is 6.92 Å². The van der Waals surface area contributed by atoms with Crippen molar-refractivity contribution in [2.45, 2.75) is 6.92 Å². The summed E-state index contributed by atoms with van der Waals surface area (Å²) in [4.78, 5) is 25.1. The van der Waals surface area contributed by atoms with E-state index in [1.54, 1.807) is 4.90 Å². The lowest BCUT2D eigenvalue weighted by atomic mass is 10.3. The summed E-state index contributed by atoms with van der Waals surface area (Å²) >= 11 is 0. The molecule has 0 spiro atoms. The molecule has 1 aliphatic rings. The summed E-state index contributed by atoms with van der Waals surface area (Å²) in [5.74, 6) is 0.130. The first-order chi connectivity index (χ1) is 5.77. The molecule has 4 nitrogen and oxygen atoms in total. The largest absolute Gasteiger partial charge is 0.341 e. The van der Waals surface area contributed by atoms with Crippen molar-refractivity contribution in [3.05, 3.63) is 0 Å². The zero-order valence-corrected chi connectivity index (χ0v) is 7.32. The fourth-order valence-electron chi connectivity index (χ4n) is 1.35. The number of hydrogen-bond donors (Lipinski definition) is 0. The Morgan fingerprint density at radius 1 is 1.50 bits per heavy atom. The lowest BCUT2D eigenvalue weighted by Gasteiger charge is -2.32. The molecule has 0 bridgehead atoms. The van der Waals surface area contributed by atoms with E-state index in [0.29, 0.717) is 13.1 Å². The van der Waals surface area contributed by atoms with Crippen LogP contribution in [0, 0.1) is 0 Å². The predicted octanol–water partition coefficient (Wildman–Crippen LogP) is -0.651. The Kier molecular flexibility index (Phi) is 3.22. The minimum atomic E-state index is 0.130. The highest BCUT2D eigenvalue weighted by molar-refractivity contribution is 5.79. The van der Waals surface area contributed by atoms with Gasteiger partial charge in [-0.2, -0.15) is 0 Å². The van der Waals surface area contributed by atoms with Gasteiger partial charge in [-0.15, -0.1) is 0 Å². The first kappa shape index (κ1) is 9.19. The van der Waals surface area contributed by atoms with Crippen LogP contribution in [0.25, 0.3) is 0 Å². The van der Waals surface area contributed by atoms with Gasteiger partial charge >= 0.3 is 0 Å². The van der Waals surface area contributed by atoms with Crippen LogP contribution >= 0.6 is 0 Å². The number of hydrogen-bond acceptors (Lipinski definition) is 3. The number of nitrogens with zero attached hydrogens (tertiary/aromatic N) is 2. The number of carbonyl (C=O) groups excluding carboxylic acids is 2. The van der Waals surface area contributed by atoms with E-state index in [4.69, 9.17) is 0 Å². The topological polar surface area (TPSA) is 40.6 Å². The van der Waals surface area contributed by atoms with Crippen LogP contribution in [0.15, 0.2) is 0 Å². The van der Waals surface area contributed by atoms with E-state index in [0.717, 1.165) is 25.9 Å². The van der Waals surface area contributed by atoms with Gasteiger partial charge in [0.15, 0.2) is 0 Å². The van der Waals surface area contributed by atoms with Gasteiger partial charge in [0.25, 0.3) is 0 Å². The van der Waals surface area contributed by atoms with E-state index < -0.39 is 0 Å². The average molecular weight is 170 g/mol. The second-order valence-electron chi connectivity index (χ2n) is 2.88. The van der Waals surface area contributed by atoms with E-state index >= 15 is 0 Å². The molecule has 1 rings (SSSR count). The molecule has 1 heterocycles. The third kappa shape index (κ3) is 2.04. The van der Waals surface area contributed by atoms with E-state index in [1.807, 2.05) is 11.8 Å². The lowest BCUT2D eigenvalue weighted by Crippen LogP contribution is -2.50. The first-order valence-electron chi connectivity index (χ1n) is 4.21. The molecule has 0 aromatic heterocycles. The third-order valence-electron chi connectivity index (χ3n) is 2.11.